The van der Waals surface area contributed by atoms with Crippen LogP contribution in [0.15, 0.2) is 23.5 Å². The second-order valence-corrected chi connectivity index (χ2v) is 12.4. The average Bonchev–Trinajstić information content (AvgIpc) is 2.66. The summed E-state index contributed by atoms with van der Waals surface area (Å²) in [5, 5.41) is 9.25. The number of nitrogens with zero attached hydrogens (tertiary/aromatic N) is 3. The van der Waals surface area contributed by atoms with E-state index in [2.05, 4.69) is 29.8 Å². The number of pyridine rings is 1. The average molecular weight is 305 g/mol. The molecule has 2 aromatic rings. The third-order valence-electron chi connectivity index (χ3n) is 2.33. The van der Waals surface area contributed by atoms with Crippen LogP contribution in [0.4, 0.5) is 13.2 Å². The van der Waals surface area contributed by atoms with Gasteiger partial charge in [0.25, 0.3) is 0 Å². The summed E-state index contributed by atoms with van der Waals surface area (Å²) in [6.07, 6.45) is -3.29. The van der Waals surface area contributed by atoms with E-state index in [1.165, 1.54) is 22.2 Å². The van der Waals surface area contributed by atoms with Gasteiger partial charge < -0.3 is 0 Å². The molecule has 0 radical (unpaired) electrons. The molecule has 0 spiro atoms. The van der Waals surface area contributed by atoms with Gasteiger partial charge in [-0.2, -0.15) is 13.2 Å². The second-order valence-electron chi connectivity index (χ2n) is 5.48. The molecule has 0 aromatic carbocycles. The summed E-state index contributed by atoms with van der Waals surface area (Å²) in [4.78, 5) is 0. The maximum Gasteiger partial charge on any atom is 0.417 e. The third-order valence-corrected chi connectivity index (χ3v) is 6.91. The largest absolute Gasteiger partial charge is 0.417 e. The van der Waals surface area contributed by atoms with Crippen LogP contribution in [-0.2, 0) is 6.18 Å². The van der Waals surface area contributed by atoms with Crippen molar-refractivity contribution in [2.45, 2.75) is 31.0 Å². The molecule has 19 heavy (non-hydrogen) atoms. The Labute approximate surface area is 114 Å². The monoisotopic (exact) mass is 305 g/mol. The number of alkyl halides is 3. The van der Waals surface area contributed by atoms with Crippen LogP contribution < -0.4 is 0 Å². The molecule has 0 aliphatic rings. The highest BCUT2D eigenvalue weighted by Crippen LogP contribution is 2.30. The number of hydrogen-bond donors (Lipinski definition) is 0. The van der Waals surface area contributed by atoms with Crippen molar-refractivity contribution in [3.63, 3.8) is 0 Å². The number of rotatable bonds is 3. The van der Waals surface area contributed by atoms with Crippen molar-refractivity contribution in [2.24, 2.45) is 0 Å². The first-order valence-corrected chi connectivity index (χ1v) is 10.4. The minimum atomic E-state index is -4.35. The van der Waals surface area contributed by atoms with Gasteiger partial charge >= 0.3 is 6.18 Å². The fraction of sp³-hybridized carbons (Fsp3) is 0.455. The Morgan fingerprint density at radius 2 is 1.89 bits per heavy atom. The lowest BCUT2D eigenvalue weighted by atomic mass is 10.3. The highest BCUT2D eigenvalue weighted by molar-refractivity contribution is 8.00. The van der Waals surface area contributed by atoms with Crippen molar-refractivity contribution in [3.05, 3.63) is 23.9 Å². The van der Waals surface area contributed by atoms with Gasteiger partial charge in [0.2, 0.25) is 0 Å². The molecule has 0 unspecified atom stereocenters. The minimum Gasteiger partial charge on any atom is -0.277 e. The molecule has 0 atom stereocenters. The molecule has 3 nitrogen and oxygen atoms in total. The fourth-order valence-corrected chi connectivity index (χ4v) is 4.05. The predicted molar refractivity (Wildman–Crippen MR) is 72.1 cm³/mol. The van der Waals surface area contributed by atoms with Crippen LogP contribution in [0, 0.1) is 0 Å². The first-order chi connectivity index (χ1) is 8.67. The molecule has 0 fully saturated rings. The van der Waals surface area contributed by atoms with Gasteiger partial charge in [-0.15, -0.1) is 10.2 Å². The van der Waals surface area contributed by atoms with Gasteiger partial charge in [-0.1, -0.05) is 31.4 Å². The Balaban J connectivity index is 2.35. The molecule has 0 aliphatic heterocycles. The van der Waals surface area contributed by atoms with Crippen LogP contribution in [0.3, 0.4) is 0 Å². The Bertz CT molecular complexity index is 589. The van der Waals surface area contributed by atoms with Gasteiger partial charge in [0, 0.05) is 6.20 Å². The molecule has 0 saturated heterocycles. The third kappa shape index (κ3) is 3.50. The molecule has 2 heterocycles. The normalized spacial score (nSPS) is 13.2. The van der Waals surface area contributed by atoms with Crippen molar-refractivity contribution in [3.8, 4) is 0 Å². The summed E-state index contributed by atoms with van der Waals surface area (Å²) >= 11 is 1.47. The highest BCUT2D eigenvalue weighted by atomic mass is 32.2. The molecule has 104 valence electrons. The van der Waals surface area contributed by atoms with E-state index in [0.29, 0.717) is 10.8 Å². The number of halogens is 3. The maximum absolute atomic E-state index is 12.7. The zero-order chi connectivity index (χ0) is 14.3. The van der Waals surface area contributed by atoms with E-state index in [0.717, 1.165) is 17.6 Å². The molecule has 2 aromatic heterocycles. The van der Waals surface area contributed by atoms with Crippen LogP contribution in [-0.4, -0.2) is 28.0 Å². The number of hydrogen-bond acceptors (Lipinski definition) is 3. The highest BCUT2D eigenvalue weighted by Gasteiger charge is 2.31. The predicted octanol–water partition coefficient (Wildman–Crippen LogP) is 3.72. The smallest absolute Gasteiger partial charge is 0.277 e. The van der Waals surface area contributed by atoms with Crippen LogP contribution in [0.1, 0.15) is 5.56 Å². The summed E-state index contributed by atoms with van der Waals surface area (Å²) in [5.74, 6) is 0. The maximum atomic E-state index is 12.7. The molecular weight excluding hydrogens is 291 g/mol. The molecule has 2 rings (SSSR count). The van der Waals surface area contributed by atoms with Gasteiger partial charge in [0.15, 0.2) is 10.8 Å². The van der Waals surface area contributed by atoms with Crippen LogP contribution in [0.25, 0.3) is 5.65 Å². The van der Waals surface area contributed by atoms with Gasteiger partial charge in [0.1, 0.15) is 0 Å². The number of fused-ring (bicyclic) bond motifs is 1. The van der Waals surface area contributed by atoms with Crippen LogP contribution >= 0.6 is 11.8 Å². The molecule has 8 heteroatoms. The van der Waals surface area contributed by atoms with Crippen molar-refractivity contribution in [2.75, 3.05) is 5.38 Å². The van der Waals surface area contributed by atoms with Crippen molar-refractivity contribution < 1.29 is 13.2 Å². The zero-order valence-corrected chi connectivity index (χ0v) is 12.6. The van der Waals surface area contributed by atoms with Gasteiger partial charge in [0.05, 0.1) is 13.6 Å². The Morgan fingerprint density at radius 3 is 2.47 bits per heavy atom. The van der Waals surface area contributed by atoms with Crippen molar-refractivity contribution >= 4 is 25.5 Å². The molecule has 0 aliphatic carbocycles. The van der Waals surface area contributed by atoms with Gasteiger partial charge in [-0.3, -0.25) is 4.40 Å². The molecular formula is C11H14F3N3SSi. The summed E-state index contributed by atoms with van der Waals surface area (Å²) in [5.41, 5.74) is -0.249. The van der Waals surface area contributed by atoms with E-state index in [9.17, 15) is 13.2 Å². The Morgan fingerprint density at radius 1 is 1.21 bits per heavy atom. The lowest BCUT2D eigenvalue weighted by Gasteiger charge is -2.14. The molecule has 0 saturated carbocycles. The number of thioether (sulfide) groups is 1. The molecule has 0 bridgehead atoms. The lowest BCUT2D eigenvalue weighted by Crippen LogP contribution is -2.24. The Hall–Kier alpha value is -1.02. The Kier molecular flexibility index (Phi) is 3.65. The fourth-order valence-electron chi connectivity index (χ4n) is 1.42. The van der Waals surface area contributed by atoms with Gasteiger partial charge in [-0.25, -0.2) is 0 Å². The first-order valence-electron chi connectivity index (χ1n) is 5.72. The summed E-state index contributed by atoms with van der Waals surface area (Å²) in [7, 11) is -1.29. The van der Waals surface area contributed by atoms with E-state index < -0.39 is 19.8 Å². The number of aromatic nitrogens is 3. The lowest BCUT2D eigenvalue weighted by molar-refractivity contribution is -0.137. The van der Waals surface area contributed by atoms with Crippen molar-refractivity contribution in [1.82, 2.24) is 14.6 Å². The van der Waals surface area contributed by atoms with Crippen LogP contribution in [0.2, 0.25) is 19.6 Å². The summed E-state index contributed by atoms with van der Waals surface area (Å²) in [6, 6.07) is 2.37. The zero-order valence-electron chi connectivity index (χ0n) is 10.8. The van der Waals surface area contributed by atoms with Gasteiger partial charge in [-0.05, 0) is 17.5 Å². The van der Waals surface area contributed by atoms with Crippen molar-refractivity contribution in [1.29, 1.82) is 0 Å². The topological polar surface area (TPSA) is 30.2 Å². The van der Waals surface area contributed by atoms with E-state index in [4.69, 9.17) is 0 Å². The quantitative estimate of drug-likeness (QED) is 0.639. The van der Waals surface area contributed by atoms with E-state index in [-0.39, 0.29) is 0 Å². The van der Waals surface area contributed by atoms with Crippen LogP contribution in [0.5, 0.6) is 0 Å². The van der Waals surface area contributed by atoms with E-state index >= 15 is 0 Å². The van der Waals surface area contributed by atoms with E-state index in [1.54, 1.807) is 0 Å². The molecule has 0 N–H and O–H groups in total. The SMILES string of the molecule is C[Si](C)(C)CSc1nnc2ccc(C(F)(F)F)cn12. The molecule has 0 amide bonds. The second kappa shape index (κ2) is 4.82. The summed E-state index contributed by atoms with van der Waals surface area (Å²) < 4.78 is 39.4. The first kappa shape index (κ1) is 14.4. The van der Waals surface area contributed by atoms with E-state index in [1.807, 2.05) is 0 Å². The standard InChI is InChI=1S/C11H14F3N3SSi/c1-19(2,3)7-18-10-16-15-9-5-4-8(6-17(9)10)11(12,13)14/h4-6H,7H2,1-3H3. The summed E-state index contributed by atoms with van der Waals surface area (Å²) in [6.45, 7) is 6.60. The minimum absolute atomic E-state index is 0.436.